The van der Waals surface area contributed by atoms with E-state index in [1.165, 1.54) is 0 Å². The number of ketones is 1. The number of hydrogen-bond donors (Lipinski definition) is 1. The lowest BCUT2D eigenvalue weighted by molar-refractivity contribution is -0.139. The number of Topliss-reactive ketones (excluding diaryl/α,β-unsaturated/α-hetero) is 1. The number of carbonyl (C=O) groups excluding carboxylic acids is 1. The van der Waals surface area contributed by atoms with E-state index in [1.807, 2.05) is 43.3 Å². The summed E-state index contributed by atoms with van der Waals surface area (Å²) in [5.74, 6) is -1.32. The van der Waals surface area contributed by atoms with Crippen LogP contribution in [0.1, 0.15) is 47.2 Å². The molecule has 0 radical (unpaired) electrons. The molecule has 1 aliphatic rings. The number of benzene rings is 2. The smallest absolute Gasteiger partial charge is 0.310 e. The Morgan fingerprint density at radius 1 is 1.22 bits per heavy atom. The second-order valence-electron chi connectivity index (χ2n) is 5.74. The van der Waals surface area contributed by atoms with Gasteiger partial charge in [0.1, 0.15) is 0 Å². The van der Waals surface area contributed by atoms with Gasteiger partial charge in [0.2, 0.25) is 0 Å². The van der Waals surface area contributed by atoms with Gasteiger partial charge in [-0.3, -0.25) is 9.59 Å². The second-order valence-corrected chi connectivity index (χ2v) is 6.83. The summed E-state index contributed by atoms with van der Waals surface area (Å²) < 4.78 is 0. The lowest BCUT2D eigenvalue weighted by Gasteiger charge is -2.14. The van der Waals surface area contributed by atoms with Crippen molar-refractivity contribution in [3.8, 4) is 0 Å². The third kappa shape index (κ3) is 3.17. The van der Waals surface area contributed by atoms with Crippen LogP contribution in [0.15, 0.2) is 52.3 Å². The van der Waals surface area contributed by atoms with Crippen LogP contribution in [0, 0.1) is 0 Å². The van der Waals surface area contributed by atoms with Gasteiger partial charge < -0.3 is 5.11 Å². The predicted molar refractivity (Wildman–Crippen MR) is 90.3 cm³/mol. The van der Waals surface area contributed by atoms with E-state index >= 15 is 0 Å². The Labute approximate surface area is 139 Å². The Morgan fingerprint density at radius 2 is 2.00 bits per heavy atom. The minimum Gasteiger partial charge on any atom is -0.481 e. The Bertz CT molecular complexity index is 767. The summed E-state index contributed by atoms with van der Waals surface area (Å²) >= 11 is 1.58. The van der Waals surface area contributed by atoms with Gasteiger partial charge in [-0.05, 0) is 35.7 Å². The van der Waals surface area contributed by atoms with Gasteiger partial charge in [0.25, 0.3) is 0 Å². The van der Waals surface area contributed by atoms with Crippen molar-refractivity contribution >= 4 is 23.5 Å². The van der Waals surface area contributed by atoms with Gasteiger partial charge >= 0.3 is 5.97 Å². The Hall–Kier alpha value is -2.07. The molecule has 0 aromatic heterocycles. The minimum atomic E-state index is -0.830. The molecule has 0 amide bonds. The lowest BCUT2D eigenvalue weighted by Crippen LogP contribution is -2.13. The zero-order valence-corrected chi connectivity index (χ0v) is 13.7. The van der Waals surface area contributed by atoms with Gasteiger partial charge in [0, 0.05) is 21.8 Å². The molecule has 118 valence electrons. The van der Waals surface area contributed by atoms with E-state index in [0.717, 1.165) is 27.3 Å². The molecule has 0 bridgehead atoms. The highest BCUT2D eigenvalue weighted by atomic mass is 32.2. The van der Waals surface area contributed by atoms with Crippen LogP contribution < -0.4 is 0 Å². The number of fused-ring (bicyclic) bond motifs is 2. The summed E-state index contributed by atoms with van der Waals surface area (Å²) in [4.78, 5) is 26.1. The van der Waals surface area contributed by atoms with Crippen molar-refractivity contribution in [1.29, 1.82) is 0 Å². The van der Waals surface area contributed by atoms with E-state index in [-0.39, 0.29) is 5.78 Å². The van der Waals surface area contributed by atoms with Crippen molar-refractivity contribution in [2.75, 3.05) is 0 Å². The van der Waals surface area contributed by atoms with E-state index in [1.54, 1.807) is 17.8 Å². The third-order valence-electron chi connectivity index (χ3n) is 4.13. The van der Waals surface area contributed by atoms with Crippen molar-refractivity contribution < 1.29 is 14.7 Å². The van der Waals surface area contributed by atoms with Crippen LogP contribution in [-0.4, -0.2) is 16.9 Å². The minimum absolute atomic E-state index is 0.0555. The molecule has 1 atom stereocenters. The fourth-order valence-electron chi connectivity index (χ4n) is 2.93. The maximum absolute atomic E-state index is 12.6. The molecule has 3 nitrogen and oxygen atoms in total. The number of carbonyl (C=O) groups is 2. The molecule has 0 spiro atoms. The van der Waals surface area contributed by atoms with Gasteiger partial charge in [-0.15, -0.1) is 0 Å². The summed E-state index contributed by atoms with van der Waals surface area (Å²) in [6.07, 6.45) is 1.74. The van der Waals surface area contributed by atoms with Crippen molar-refractivity contribution in [2.24, 2.45) is 0 Å². The number of rotatable bonds is 4. The average molecular weight is 326 g/mol. The molecule has 23 heavy (non-hydrogen) atoms. The zero-order valence-electron chi connectivity index (χ0n) is 12.9. The summed E-state index contributed by atoms with van der Waals surface area (Å²) in [6.45, 7) is 1.97. The molecule has 1 unspecified atom stereocenters. The molecule has 0 aliphatic carbocycles. The number of carboxylic acids is 1. The van der Waals surface area contributed by atoms with Crippen LogP contribution in [0.3, 0.4) is 0 Å². The number of carboxylic acid groups (broad SMARTS) is 1. The highest BCUT2D eigenvalue weighted by Crippen LogP contribution is 2.38. The van der Waals surface area contributed by atoms with Gasteiger partial charge in [-0.25, -0.2) is 0 Å². The van der Waals surface area contributed by atoms with E-state index in [9.17, 15) is 14.7 Å². The van der Waals surface area contributed by atoms with Crippen molar-refractivity contribution in [2.45, 2.75) is 41.9 Å². The summed E-state index contributed by atoms with van der Waals surface area (Å²) in [7, 11) is 0. The monoisotopic (exact) mass is 326 g/mol. The maximum atomic E-state index is 12.6. The average Bonchev–Trinajstić information content (AvgIpc) is 2.68. The Morgan fingerprint density at radius 3 is 2.74 bits per heavy atom. The molecule has 1 N–H and O–H groups in total. The van der Waals surface area contributed by atoms with Crippen LogP contribution in [-0.2, 0) is 11.2 Å². The second kappa shape index (κ2) is 6.59. The van der Waals surface area contributed by atoms with Crippen molar-refractivity contribution in [3.05, 3.63) is 59.2 Å². The molecule has 3 rings (SSSR count). The number of aliphatic carboxylic acids is 1. The van der Waals surface area contributed by atoms with Crippen LogP contribution in [0.2, 0.25) is 0 Å². The van der Waals surface area contributed by atoms with Crippen LogP contribution in [0.4, 0.5) is 0 Å². The molecule has 1 heterocycles. The SMILES string of the molecule is CCCC(C(=O)O)c1ccc2c(c1)C(=O)Cc1ccccc1S2. The maximum Gasteiger partial charge on any atom is 0.310 e. The van der Waals surface area contributed by atoms with Crippen molar-refractivity contribution in [1.82, 2.24) is 0 Å². The fourth-order valence-corrected chi connectivity index (χ4v) is 4.00. The third-order valence-corrected chi connectivity index (χ3v) is 5.32. The summed E-state index contributed by atoms with van der Waals surface area (Å²) in [6, 6.07) is 13.4. The molecule has 4 heteroatoms. The molecular weight excluding hydrogens is 308 g/mol. The first-order chi connectivity index (χ1) is 11.1. The van der Waals surface area contributed by atoms with E-state index in [4.69, 9.17) is 0 Å². The lowest BCUT2D eigenvalue weighted by atomic mass is 9.92. The highest BCUT2D eigenvalue weighted by Gasteiger charge is 2.24. The molecule has 2 aromatic rings. The van der Waals surface area contributed by atoms with E-state index in [2.05, 4.69) is 0 Å². The van der Waals surface area contributed by atoms with Crippen LogP contribution >= 0.6 is 11.8 Å². The standard InChI is InChI=1S/C19H18O3S/c1-2-5-14(19(21)22)12-8-9-18-15(10-12)16(20)11-13-6-3-4-7-17(13)23-18/h3-4,6-10,14H,2,5,11H2,1H3,(H,21,22). The van der Waals surface area contributed by atoms with Gasteiger partial charge in [-0.1, -0.05) is 49.4 Å². The molecule has 0 saturated carbocycles. The van der Waals surface area contributed by atoms with E-state index in [0.29, 0.717) is 18.4 Å². The van der Waals surface area contributed by atoms with Gasteiger partial charge in [0.15, 0.2) is 5.78 Å². The predicted octanol–water partition coefficient (Wildman–Crippen LogP) is 4.54. The highest BCUT2D eigenvalue weighted by molar-refractivity contribution is 7.99. The summed E-state index contributed by atoms with van der Waals surface area (Å²) in [5, 5.41) is 9.44. The Kier molecular flexibility index (Phi) is 4.53. The number of hydrogen-bond acceptors (Lipinski definition) is 3. The first kappa shape index (κ1) is 15.8. The largest absolute Gasteiger partial charge is 0.481 e. The fraction of sp³-hybridized carbons (Fsp3) is 0.263. The molecule has 0 saturated heterocycles. The normalized spacial score (nSPS) is 14.6. The quantitative estimate of drug-likeness (QED) is 0.896. The van der Waals surface area contributed by atoms with Gasteiger partial charge in [-0.2, -0.15) is 0 Å². The zero-order chi connectivity index (χ0) is 16.4. The molecule has 2 aromatic carbocycles. The molecule has 0 fully saturated rings. The first-order valence-electron chi connectivity index (χ1n) is 7.76. The summed E-state index contributed by atoms with van der Waals surface area (Å²) in [5.41, 5.74) is 2.40. The molecular formula is C19H18O3S. The topological polar surface area (TPSA) is 54.4 Å². The van der Waals surface area contributed by atoms with Crippen LogP contribution in [0.25, 0.3) is 0 Å². The Balaban J connectivity index is 2.02. The van der Waals surface area contributed by atoms with E-state index < -0.39 is 11.9 Å². The van der Waals surface area contributed by atoms with Crippen molar-refractivity contribution in [3.63, 3.8) is 0 Å². The molecule has 1 aliphatic heterocycles. The van der Waals surface area contributed by atoms with Gasteiger partial charge in [0.05, 0.1) is 5.92 Å². The first-order valence-corrected chi connectivity index (χ1v) is 8.57. The van der Waals surface area contributed by atoms with Crippen LogP contribution in [0.5, 0.6) is 0 Å².